The van der Waals surface area contributed by atoms with Crippen molar-refractivity contribution < 1.29 is 4.74 Å². The molecule has 4 heteroatoms. The zero-order valence-electron chi connectivity index (χ0n) is 13.4. The number of benzene rings is 1. The molecule has 4 nitrogen and oxygen atoms in total. The first-order valence-electron chi connectivity index (χ1n) is 7.57. The molecule has 2 aromatic rings. The van der Waals surface area contributed by atoms with Gasteiger partial charge >= 0.3 is 0 Å². The number of methoxy groups -OCH3 is 1. The lowest BCUT2D eigenvalue weighted by Gasteiger charge is -2.20. The molecule has 0 aliphatic heterocycles. The molecular formula is C17H25N3O. The summed E-state index contributed by atoms with van der Waals surface area (Å²) in [5.41, 5.74) is 2.40. The predicted octanol–water partition coefficient (Wildman–Crippen LogP) is 3.11. The van der Waals surface area contributed by atoms with Gasteiger partial charge in [0.1, 0.15) is 11.6 Å². The van der Waals surface area contributed by atoms with E-state index >= 15 is 0 Å². The van der Waals surface area contributed by atoms with E-state index < -0.39 is 0 Å². The molecule has 0 saturated carbocycles. The Hall–Kier alpha value is -1.81. The van der Waals surface area contributed by atoms with Gasteiger partial charge in [-0.1, -0.05) is 19.1 Å². The minimum atomic E-state index is 0.247. The zero-order chi connectivity index (χ0) is 15.2. The second-order valence-corrected chi connectivity index (χ2v) is 5.17. The fourth-order valence-corrected chi connectivity index (χ4v) is 2.61. The summed E-state index contributed by atoms with van der Waals surface area (Å²) in [6.07, 6.45) is 4.78. The van der Waals surface area contributed by atoms with Crippen LogP contribution in [0, 0.1) is 6.92 Å². The van der Waals surface area contributed by atoms with Crippen LogP contribution in [0.15, 0.2) is 30.6 Å². The van der Waals surface area contributed by atoms with Crippen LogP contribution in [0.1, 0.15) is 36.8 Å². The molecule has 2 rings (SSSR count). The summed E-state index contributed by atoms with van der Waals surface area (Å²) in [4.78, 5) is 4.49. The van der Waals surface area contributed by atoms with Gasteiger partial charge in [-0.25, -0.2) is 4.98 Å². The van der Waals surface area contributed by atoms with E-state index in [0.29, 0.717) is 0 Å². The SMILES string of the molecule is CCNC(Cc1nccn1CC)c1ccc(C)c(OC)c1. The highest BCUT2D eigenvalue weighted by molar-refractivity contribution is 5.38. The van der Waals surface area contributed by atoms with Crippen LogP contribution >= 0.6 is 0 Å². The van der Waals surface area contributed by atoms with Gasteiger partial charge in [0.05, 0.1) is 7.11 Å². The van der Waals surface area contributed by atoms with Gasteiger partial charge in [0.25, 0.3) is 0 Å². The first-order valence-corrected chi connectivity index (χ1v) is 7.57. The van der Waals surface area contributed by atoms with Crippen molar-refractivity contribution in [1.29, 1.82) is 0 Å². The number of aryl methyl sites for hydroxylation is 2. The number of hydrogen-bond donors (Lipinski definition) is 1. The second kappa shape index (κ2) is 7.27. The summed E-state index contributed by atoms with van der Waals surface area (Å²) in [6, 6.07) is 6.66. The first kappa shape index (κ1) is 15.6. The van der Waals surface area contributed by atoms with Gasteiger partial charge in [0, 0.05) is 31.4 Å². The summed E-state index contributed by atoms with van der Waals surface area (Å²) >= 11 is 0. The van der Waals surface area contributed by atoms with E-state index in [2.05, 4.69) is 53.8 Å². The number of imidazole rings is 1. The number of rotatable bonds is 7. The molecule has 0 radical (unpaired) electrons. The van der Waals surface area contributed by atoms with Gasteiger partial charge in [0.2, 0.25) is 0 Å². The van der Waals surface area contributed by atoms with Gasteiger partial charge in [-0.3, -0.25) is 0 Å². The molecule has 114 valence electrons. The van der Waals surface area contributed by atoms with Crippen molar-refractivity contribution >= 4 is 0 Å². The van der Waals surface area contributed by atoms with Crippen molar-refractivity contribution in [3.8, 4) is 5.75 Å². The average Bonchev–Trinajstić information content (AvgIpc) is 2.94. The topological polar surface area (TPSA) is 39.1 Å². The van der Waals surface area contributed by atoms with Crippen molar-refractivity contribution in [2.75, 3.05) is 13.7 Å². The number of aromatic nitrogens is 2. The van der Waals surface area contributed by atoms with Crippen LogP contribution in [-0.2, 0) is 13.0 Å². The standard InChI is InChI=1S/C17H25N3O/c1-5-18-15(12-17-19-9-10-20(17)6-2)14-8-7-13(3)16(11-14)21-4/h7-11,15,18H,5-6,12H2,1-4H3. The van der Waals surface area contributed by atoms with Crippen LogP contribution < -0.4 is 10.1 Å². The van der Waals surface area contributed by atoms with Crippen LogP contribution in [0.4, 0.5) is 0 Å². The Morgan fingerprint density at radius 2 is 2.14 bits per heavy atom. The molecule has 0 saturated heterocycles. The van der Waals surface area contributed by atoms with Crippen molar-refractivity contribution in [3.05, 3.63) is 47.5 Å². The molecule has 1 aromatic carbocycles. The summed E-state index contributed by atoms with van der Waals surface area (Å²) in [6.45, 7) is 8.21. The number of ether oxygens (including phenoxy) is 1. The lowest BCUT2D eigenvalue weighted by Crippen LogP contribution is -2.24. The highest BCUT2D eigenvalue weighted by Gasteiger charge is 2.15. The van der Waals surface area contributed by atoms with Gasteiger partial charge in [-0.2, -0.15) is 0 Å². The van der Waals surface area contributed by atoms with E-state index in [1.165, 1.54) is 5.56 Å². The third kappa shape index (κ3) is 3.64. The number of hydrogen-bond acceptors (Lipinski definition) is 3. The van der Waals surface area contributed by atoms with Gasteiger partial charge in [-0.15, -0.1) is 0 Å². The predicted molar refractivity (Wildman–Crippen MR) is 85.8 cm³/mol. The van der Waals surface area contributed by atoms with Gasteiger partial charge in [0.15, 0.2) is 0 Å². The number of likely N-dealkylation sites (N-methyl/N-ethyl adjacent to an activating group) is 1. The summed E-state index contributed by atoms with van der Waals surface area (Å²) < 4.78 is 7.64. The summed E-state index contributed by atoms with van der Waals surface area (Å²) in [5.74, 6) is 2.05. The Labute approximate surface area is 127 Å². The molecule has 1 aromatic heterocycles. The van der Waals surface area contributed by atoms with E-state index in [4.69, 9.17) is 4.74 Å². The third-order valence-electron chi connectivity index (χ3n) is 3.81. The number of nitrogens with one attached hydrogen (secondary N) is 1. The van der Waals surface area contributed by atoms with Crippen molar-refractivity contribution in [1.82, 2.24) is 14.9 Å². The van der Waals surface area contributed by atoms with Crippen molar-refractivity contribution in [2.45, 2.75) is 39.8 Å². The first-order chi connectivity index (χ1) is 10.2. The molecule has 0 aliphatic rings. The van der Waals surface area contributed by atoms with Crippen LogP contribution in [0.5, 0.6) is 5.75 Å². The van der Waals surface area contributed by atoms with E-state index in [-0.39, 0.29) is 6.04 Å². The Kier molecular flexibility index (Phi) is 5.39. The Bertz CT molecular complexity index is 577. The molecule has 21 heavy (non-hydrogen) atoms. The molecule has 1 atom stereocenters. The van der Waals surface area contributed by atoms with Crippen LogP contribution in [0.3, 0.4) is 0 Å². The third-order valence-corrected chi connectivity index (χ3v) is 3.81. The fraction of sp³-hybridized carbons (Fsp3) is 0.471. The molecule has 0 bridgehead atoms. The van der Waals surface area contributed by atoms with E-state index in [1.54, 1.807) is 7.11 Å². The smallest absolute Gasteiger partial charge is 0.122 e. The average molecular weight is 287 g/mol. The quantitative estimate of drug-likeness (QED) is 0.850. The highest BCUT2D eigenvalue weighted by atomic mass is 16.5. The van der Waals surface area contributed by atoms with Gasteiger partial charge in [-0.05, 0) is 37.6 Å². The molecule has 1 N–H and O–H groups in total. The number of nitrogens with zero attached hydrogens (tertiary/aromatic N) is 2. The summed E-state index contributed by atoms with van der Waals surface area (Å²) in [7, 11) is 1.72. The minimum absolute atomic E-state index is 0.247. The monoisotopic (exact) mass is 287 g/mol. The van der Waals surface area contributed by atoms with Crippen LogP contribution in [0.25, 0.3) is 0 Å². The normalized spacial score (nSPS) is 12.4. The van der Waals surface area contributed by atoms with Gasteiger partial charge < -0.3 is 14.6 Å². The molecule has 1 unspecified atom stereocenters. The van der Waals surface area contributed by atoms with Crippen molar-refractivity contribution in [3.63, 3.8) is 0 Å². The minimum Gasteiger partial charge on any atom is -0.496 e. The molecule has 0 spiro atoms. The maximum absolute atomic E-state index is 5.45. The van der Waals surface area contributed by atoms with Crippen LogP contribution in [0.2, 0.25) is 0 Å². The maximum Gasteiger partial charge on any atom is 0.122 e. The molecule has 0 fully saturated rings. The largest absolute Gasteiger partial charge is 0.496 e. The Balaban J connectivity index is 2.26. The molecular weight excluding hydrogens is 262 g/mol. The van der Waals surface area contributed by atoms with Crippen molar-refractivity contribution in [2.24, 2.45) is 0 Å². The molecule has 1 heterocycles. The highest BCUT2D eigenvalue weighted by Crippen LogP contribution is 2.25. The van der Waals surface area contributed by atoms with E-state index in [9.17, 15) is 0 Å². The lowest BCUT2D eigenvalue weighted by atomic mass is 10.0. The van der Waals surface area contributed by atoms with E-state index in [0.717, 1.165) is 36.6 Å². The fourth-order valence-electron chi connectivity index (χ4n) is 2.61. The molecule has 0 aliphatic carbocycles. The lowest BCUT2D eigenvalue weighted by molar-refractivity contribution is 0.409. The molecule has 0 amide bonds. The van der Waals surface area contributed by atoms with E-state index in [1.807, 2.05) is 12.4 Å². The summed E-state index contributed by atoms with van der Waals surface area (Å²) in [5, 5.41) is 3.55. The van der Waals surface area contributed by atoms with Crippen LogP contribution in [-0.4, -0.2) is 23.2 Å². The second-order valence-electron chi connectivity index (χ2n) is 5.17. The Morgan fingerprint density at radius 3 is 2.81 bits per heavy atom. The Morgan fingerprint density at radius 1 is 1.33 bits per heavy atom. The zero-order valence-corrected chi connectivity index (χ0v) is 13.4. The maximum atomic E-state index is 5.45.